The van der Waals surface area contributed by atoms with Gasteiger partial charge in [0, 0.05) is 18.0 Å². The Kier molecular flexibility index (Phi) is 4.51. The van der Waals surface area contributed by atoms with Crippen molar-refractivity contribution >= 4 is 17.5 Å². The van der Waals surface area contributed by atoms with Crippen LogP contribution in [0, 0.1) is 6.92 Å². The van der Waals surface area contributed by atoms with E-state index in [0.29, 0.717) is 29.6 Å². The summed E-state index contributed by atoms with van der Waals surface area (Å²) in [5, 5.41) is 0.704. The number of benzene rings is 1. The van der Waals surface area contributed by atoms with Gasteiger partial charge in [-0.25, -0.2) is 9.97 Å². The number of aryl methyl sites for hydroxylation is 1. The molecule has 0 N–H and O–H groups in total. The van der Waals surface area contributed by atoms with Crippen LogP contribution in [0.5, 0.6) is 0 Å². The van der Waals surface area contributed by atoms with E-state index < -0.39 is 0 Å². The lowest BCUT2D eigenvalue weighted by Gasteiger charge is -2.21. The molecule has 7 heteroatoms. The number of carbonyl (C=O) groups is 1. The minimum atomic E-state index is -0.175. The maximum absolute atomic E-state index is 12.8. The average Bonchev–Trinajstić information content (AvgIpc) is 3.36. The minimum Gasteiger partial charge on any atom is -0.443 e. The summed E-state index contributed by atoms with van der Waals surface area (Å²) in [5.74, 6) is 1.44. The molecule has 1 aromatic carbocycles. The van der Waals surface area contributed by atoms with Crippen molar-refractivity contribution in [2.45, 2.75) is 32.2 Å². The normalized spacial score (nSPS) is 17.0. The predicted octanol–water partition coefficient (Wildman–Crippen LogP) is 4.19. The van der Waals surface area contributed by atoms with Gasteiger partial charge in [0.05, 0.1) is 11.9 Å². The van der Waals surface area contributed by atoms with Gasteiger partial charge in [0.15, 0.2) is 6.39 Å². The number of hydrogen-bond acceptors (Lipinski definition) is 5. The van der Waals surface area contributed by atoms with Crippen molar-refractivity contribution in [2.24, 2.45) is 0 Å². The van der Waals surface area contributed by atoms with Gasteiger partial charge in [-0.2, -0.15) is 0 Å². The van der Waals surface area contributed by atoms with Crippen molar-refractivity contribution in [3.8, 4) is 0 Å². The third-order valence-corrected chi connectivity index (χ3v) is 4.85. The van der Waals surface area contributed by atoms with Crippen LogP contribution in [0.1, 0.15) is 52.3 Å². The molecule has 26 heavy (non-hydrogen) atoms. The molecule has 3 aromatic rings. The second kappa shape index (κ2) is 6.96. The zero-order chi connectivity index (χ0) is 18.1. The quantitative estimate of drug-likeness (QED) is 0.687. The topological polar surface area (TPSA) is 72.4 Å². The first-order chi connectivity index (χ1) is 12.6. The number of oxazole rings is 2. The molecule has 0 aliphatic carbocycles. The van der Waals surface area contributed by atoms with E-state index in [1.54, 1.807) is 18.0 Å². The van der Waals surface area contributed by atoms with E-state index >= 15 is 0 Å². The summed E-state index contributed by atoms with van der Waals surface area (Å²) in [7, 11) is 0. The smallest absolute Gasteiger partial charge is 0.292 e. The Morgan fingerprint density at radius 1 is 1.31 bits per heavy atom. The Morgan fingerprint density at radius 2 is 2.12 bits per heavy atom. The highest BCUT2D eigenvalue weighted by molar-refractivity contribution is 6.30. The van der Waals surface area contributed by atoms with Gasteiger partial charge in [0.25, 0.3) is 5.91 Å². The first-order valence-electron chi connectivity index (χ1n) is 8.52. The highest BCUT2D eigenvalue weighted by Crippen LogP contribution is 2.33. The average molecular weight is 372 g/mol. The van der Waals surface area contributed by atoms with Gasteiger partial charge in [-0.3, -0.25) is 4.79 Å². The minimum absolute atomic E-state index is 0.167. The summed E-state index contributed by atoms with van der Waals surface area (Å²) in [4.78, 5) is 22.9. The highest BCUT2D eigenvalue weighted by atomic mass is 35.5. The van der Waals surface area contributed by atoms with Crippen LogP contribution in [0.3, 0.4) is 0 Å². The van der Waals surface area contributed by atoms with E-state index in [9.17, 15) is 4.79 Å². The molecule has 1 amide bonds. The van der Waals surface area contributed by atoms with Crippen LogP contribution < -0.4 is 0 Å². The highest BCUT2D eigenvalue weighted by Gasteiger charge is 2.35. The molecular formula is C19H18ClN3O3. The van der Waals surface area contributed by atoms with Gasteiger partial charge < -0.3 is 13.7 Å². The van der Waals surface area contributed by atoms with Crippen molar-refractivity contribution < 1.29 is 13.6 Å². The molecule has 4 rings (SSSR count). The summed E-state index contributed by atoms with van der Waals surface area (Å²) in [6.07, 6.45) is 5.37. The zero-order valence-electron chi connectivity index (χ0n) is 14.3. The van der Waals surface area contributed by atoms with Gasteiger partial charge in [-0.1, -0.05) is 23.7 Å². The molecule has 0 saturated carbocycles. The summed E-state index contributed by atoms with van der Waals surface area (Å²) in [5.41, 5.74) is 1.69. The van der Waals surface area contributed by atoms with Crippen molar-refractivity contribution in [1.29, 1.82) is 0 Å². The van der Waals surface area contributed by atoms with Crippen LogP contribution in [0.15, 0.2) is 45.7 Å². The number of amides is 1. The van der Waals surface area contributed by atoms with E-state index in [4.69, 9.17) is 20.4 Å². The summed E-state index contributed by atoms with van der Waals surface area (Å²) >= 11 is 5.92. The lowest BCUT2D eigenvalue weighted by Crippen LogP contribution is -2.30. The van der Waals surface area contributed by atoms with Crippen LogP contribution in [-0.4, -0.2) is 27.3 Å². The third kappa shape index (κ3) is 3.24. The number of likely N-dealkylation sites (tertiary alicyclic amines) is 1. The number of nitrogens with zero attached hydrogens (tertiary/aromatic N) is 3. The number of carbonyl (C=O) groups excluding carboxylic acids is 1. The molecule has 1 fully saturated rings. The van der Waals surface area contributed by atoms with Crippen molar-refractivity contribution in [3.63, 3.8) is 0 Å². The number of aromatic nitrogens is 2. The van der Waals surface area contributed by atoms with Gasteiger partial charge in [0.2, 0.25) is 11.7 Å². The molecule has 1 aliphatic rings. The van der Waals surface area contributed by atoms with E-state index in [1.807, 2.05) is 24.3 Å². The fourth-order valence-electron chi connectivity index (χ4n) is 3.27. The Hall–Kier alpha value is -2.60. The van der Waals surface area contributed by atoms with Crippen molar-refractivity contribution in [3.05, 3.63) is 70.5 Å². The van der Waals surface area contributed by atoms with Crippen LogP contribution in [0.25, 0.3) is 0 Å². The molecule has 134 valence electrons. The third-order valence-electron chi connectivity index (χ3n) is 4.60. The van der Waals surface area contributed by atoms with Crippen LogP contribution in [0.4, 0.5) is 0 Å². The van der Waals surface area contributed by atoms with Crippen molar-refractivity contribution in [2.75, 3.05) is 6.54 Å². The molecule has 6 nitrogen and oxygen atoms in total. The SMILES string of the molecule is Cc1ncoc1C(=O)N1CCCC1c1ncc(Cc2ccc(Cl)cc2)o1. The second-order valence-corrected chi connectivity index (χ2v) is 6.83. The summed E-state index contributed by atoms with van der Waals surface area (Å²) in [6.45, 7) is 2.41. The Morgan fingerprint density at radius 3 is 2.85 bits per heavy atom. The maximum atomic E-state index is 12.8. The maximum Gasteiger partial charge on any atom is 0.292 e. The Bertz CT molecular complexity index is 916. The number of rotatable bonds is 4. The molecule has 0 radical (unpaired) electrons. The second-order valence-electron chi connectivity index (χ2n) is 6.39. The number of halogens is 1. The fourth-order valence-corrected chi connectivity index (χ4v) is 3.39. The van der Waals surface area contributed by atoms with Crippen molar-refractivity contribution in [1.82, 2.24) is 14.9 Å². The van der Waals surface area contributed by atoms with Crippen LogP contribution in [0.2, 0.25) is 5.02 Å². The zero-order valence-corrected chi connectivity index (χ0v) is 15.1. The molecule has 0 bridgehead atoms. The van der Waals surface area contributed by atoms with Gasteiger partial charge in [0.1, 0.15) is 11.8 Å². The molecule has 1 aliphatic heterocycles. The first kappa shape index (κ1) is 16.8. The lowest BCUT2D eigenvalue weighted by molar-refractivity contribution is 0.0681. The monoisotopic (exact) mass is 371 g/mol. The Balaban J connectivity index is 1.52. The largest absolute Gasteiger partial charge is 0.443 e. The van der Waals surface area contributed by atoms with E-state index in [0.717, 1.165) is 24.2 Å². The Labute approximate surface area is 155 Å². The molecular weight excluding hydrogens is 354 g/mol. The molecule has 1 saturated heterocycles. The molecule has 0 spiro atoms. The standard InChI is InChI=1S/C19H18ClN3O3/c1-12-17(25-11-22-12)19(24)23-8-2-3-16(23)18-21-10-15(26-18)9-13-4-6-14(20)7-5-13/h4-7,10-11,16H,2-3,8-9H2,1H3. The molecule has 3 heterocycles. The molecule has 2 aromatic heterocycles. The summed E-state index contributed by atoms with van der Waals surface area (Å²) < 4.78 is 11.2. The van der Waals surface area contributed by atoms with Gasteiger partial charge in [-0.05, 0) is 37.5 Å². The van der Waals surface area contributed by atoms with E-state index in [1.165, 1.54) is 6.39 Å². The molecule has 1 unspecified atom stereocenters. The molecule has 1 atom stereocenters. The first-order valence-corrected chi connectivity index (χ1v) is 8.89. The van der Waals surface area contributed by atoms with Crippen LogP contribution in [-0.2, 0) is 6.42 Å². The van der Waals surface area contributed by atoms with Gasteiger partial charge >= 0.3 is 0 Å². The fraction of sp³-hybridized carbons (Fsp3) is 0.316. The lowest BCUT2D eigenvalue weighted by atomic mass is 10.1. The van der Waals surface area contributed by atoms with E-state index in [-0.39, 0.29) is 17.7 Å². The number of hydrogen-bond donors (Lipinski definition) is 0. The predicted molar refractivity (Wildman–Crippen MR) is 95.0 cm³/mol. The summed E-state index contributed by atoms with van der Waals surface area (Å²) in [6, 6.07) is 7.45. The van der Waals surface area contributed by atoms with Gasteiger partial charge in [-0.15, -0.1) is 0 Å². The van der Waals surface area contributed by atoms with Crippen LogP contribution >= 0.6 is 11.6 Å². The van der Waals surface area contributed by atoms with E-state index in [2.05, 4.69) is 9.97 Å².